The third-order valence-electron chi connectivity index (χ3n) is 5.69. The summed E-state index contributed by atoms with van der Waals surface area (Å²) in [6.07, 6.45) is 6.49. The van der Waals surface area contributed by atoms with Crippen molar-refractivity contribution in [2.45, 2.75) is 58.8 Å². The van der Waals surface area contributed by atoms with E-state index in [1.165, 1.54) is 37.0 Å². The van der Waals surface area contributed by atoms with E-state index >= 15 is 0 Å². The first kappa shape index (κ1) is 22.9. The number of carbonyl (C=O) groups excluding carboxylic acids is 1. The predicted molar refractivity (Wildman–Crippen MR) is 124 cm³/mol. The minimum Gasteiger partial charge on any atom is -0.294 e. The summed E-state index contributed by atoms with van der Waals surface area (Å²) in [7, 11) is 0. The van der Waals surface area contributed by atoms with Gasteiger partial charge in [0.25, 0.3) is 0 Å². The first-order valence-electron chi connectivity index (χ1n) is 11.3. The number of unbranched alkanes of at least 4 members (excludes halogenated alkanes) is 3. The molecule has 3 heteroatoms. The summed E-state index contributed by atoms with van der Waals surface area (Å²) in [4.78, 5) is 12.1. The summed E-state index contributed by atoms with van der Waals surface area (Å²) in [5.74, 6) is -2.37. The number of carbonyl (C=O) groups is 1. The Morgan fingerprint density at radius 2 is 1.26 bits per heavy atom. The average molecular weight is 421 g/mol. The molecular weight excluding hydrogens is 390 g/mol. The Bertz CT molecular complexity index is 1000. The Morgan fingerprint density at radius 1 is 0.677 bits per heavy atom. The first-order chi connectivity index (χ1) is 15.0. The zero-order valence-corrected chi connectivity index (χ0v) is 18.4. The van der Waals surface area contributed by atoms with Gasteiger partial charge in [-0.15, -0.1) is 0 Å². The molecule has 0 radical (unpaired) electrons. The summed E-state index contributed by atoms with van der Waals surface area (Å²) in [5, 5.41) is 0. The molecule has 0 aromatic heterocycles. The fraction of sp³-hybridized carbons (Fsp3) is 0.321. The van der Waals surface area contributed by atoms with Crippen LogP contribution in [0.3, 0.4) is 0 Å². The van der Waals surface area contributed by atoms with E-state index in [2.05, 4.69) is 31.2 Å². The largest absolute Gasteiger partial charge is 0.294 e. The average Bonchev–Trinajstić information content (AvgIpc) is 2.80. The van der Waals surface area contributed by atoms with Gasteiger partial charge in [0, 0.05) is 12.0 Å². The third-order valence-corrected chi connectivity index (χ3v) is 5.69. The number of ketones is 1. The second-order valence-corrected chi connectivity index (χ2v) is 8.05. The van der Waals surface area contributed by atoms with Gasteiger partial charge in [0.2, 0.25) is 0 Å². The van der Waals surface area contributed by atoms with E-state index in [1.54, 1.807) is 12.1 Å². The van der Waals surface area contributed by atoms with Gasteiger partial charge in [-0.05, 0) is 47.6 Å². The van der Waals surface area contributed by atoms with E-state index in [-0.39, 0.29) is 23.3 Å². The molecule has 3 aromatic carbocycles. The Labute approximate surface area is 184 Å². The third kappa shape index (κ3) is 5.66. The Kier molecular flexibility index (Phi) is 8.11. The molecule has 0 saturated carbocycles. The van der Waals surface area contributed by atoms with Gasteiger partial charge in [-0.3, -0.25) is 4.79 Å². The molecule has 1 nitrogen and oxygen atoms in total. The molecule has 0 spiro atoms. The molecule has 0 aliphatic rings. The SMILES string of the molecule is CCCCCc1ccc(-c2ccc(-c3ccc(C(=O)CCCC)c(F)c3F)cc2)cc1. The normalized spacial score (nSPS) is 11.0. The van der Waals surface area contributed by atoms with Gasteiger partial charge in [-0.25, -0.2) is 8.78 Å². The smallest absolute Gasteiger partial charge is 0.170 e. The number of aryl methyl sites for hydroxylation is 1. The molecule has 3 rings (SSSR count). The van der Waals surface area contributed by atoms with Crippen LogP contribution in [0, 0.1) is 11.6 Å². The van der Waals surface area contributed by atoms with Crippen LogP contribution >= 0.6 is 0 Å². The number of hydrogen-bond donors (Lipinski definition) is 0. The highest BCUT2D eigenvalue weighted by atomic mass is 19.2. The number of benzene rings is 3. The van der Waals surface area contributed by atoms with Crippen LogP contribution in [-0.4, -0.2) is 5.78 Å². The summed E-state index contributed by atoms with van der Waals surface area (Å²) >= 11 is 0. The van der Waals surface area contributed by atoms with Crippen molar-refractivity contribution in [3.63, 3.8) is 0 Å². The Hall–Kier alpha value is -2.81. The second kappa shape index (κ2) is 11.0. The maximum absolute atomic E-state index is 14.7. The van der Waals surface area contributed by atoms with E-state index in [0.29, 0.717) is 12.0 Å². The molecule has 3 aromatic rings. The highest BCUT2D eigenvalue weighted by Crippen LogP contribution is 2.29. The minimum absolute atomic E-state index is 0.162. The fourth-order valence-electron chi connectivity index (χ4n) is 3.74. The van der Waals surface area contributed by atoms with Crippen LogP contribution in [0.4, 0.5) is 8.78 Å². The molecule has 0 bridgehead atoms. The molecule has 0 N–H and O–H groups in total. The second-order valence-electron chi connectivity index (χ2n) is 8.05. The van der Waals surface area contributed by atoms with Gasteiger partial charge in [0.15, 0.2) is 17.4 Å². The van der Waals surface area contributed by atoms with E-state index in [4.69, 9.17) is 0 Å². The van der Waals surface area contributed by atoms with Crippen molar-refractivity contribution in [1.29, 1.82) is 0 Å². The Balaban J connectivity index is 1.77. The van der Waals surface area contributed by atoms with Crippen LogP contribution in [0.25, 0.3) is 22.3 Å². The van der Waals surface area contributed by atoms with Crippen molar-refractivity contribution in [2.75, 3.05) is 0 Å². The van der Waals surface area contributed by atoms with Crippen LogP contribution < -0.4 is 0 Å². The molecule has 0 unspecified atom stereocenters. The predicted octanol–water partition coefficient (Wildman–Crippen LogP) is 8.40. The van der Waals surface area contributed by atoms with Crippen LogP contribution in [0.5, 0.6) is 0 Å². The molecule has 162 valence electrons. The quantitative estimate of drug-likeness (QED) is 0.238. The molecule has 0 fully saturated rings. The standard InChI is InChI=1S/C28H30F2O/c1-3-5-7-8-20-10-12-21(13-11-20)22-14-16-23(17-15-22)24-18-19-25(28(30)27(24)29)26(31)9-6-4-2/h10-19H,3-9H2,1-2H3. The maximum Gasteiger partial charge on any atom is 0.170 e. The van der Waals surface area contributed by atoms with Crippen molar-refractivity contribution in [2.24, 2.45) is 0 Å². The lowest BCUT2D eigenvalue weighted by atomic mass is 9.96. The zero-order chi connectivity index (χ0) is 22.2. The molecule has 0 heterocycles. The molecule has 0 saturated heterocycles. The number of Topliss-reactive ketones (excluding diaryl/α,β-unsaturated/α-hetero) is 1. The lowest BCUT2D eigenvalue weighted by molar-refractivity contribution is 0.0975. The van der Waals surface area contributed by atoms with Crippen molar-refractivity contribution >= 4 is 5.78 Å². The molecule has 0 amide bonds. The lowest BCUT2D eigenvalue weighted by Gasteiger charge is -2.10. The minimum atomic E-state index is -1.05. The monoisotopic (exact) mass is 420 g/mol. The van der Waals surface area contributed by atoms with Gasteiger partial charge >= 0.3 is 0 Å². The molecule has 0 atom stereocenters. The number of halogens is 2. The van der Waals surface area contributed by atoms with Crippen LogP contribution in [-0.2, 0) is 6.42 Å². The lowest BCUT2D eigenvalue weighted by Crippen LogP contribution is -2.05. The van der Waals surface area contributed by atoms with E-state index in [1.807, 2.05) is 19.1 Å². The molecule has 31 heavy (non-hydrogen) atoms. The first-order valence-corrected chi connectivity index (χ1v) is 11.3. The van der Waals surface area contributed by atoms with Crippen molar-refractivity contribution in [1.82, 2.24) is 0 Å². The highest BCUT2D eigenvalue weighted by molar-refractivity contribution is 5.96. The summed E-state index contributed by atoms with van der Waals surface area (Å²) in [5.41, 5.74) is 4.04. The Morgan fingerprint density at radius 3 is 1.87 bits per heavy atom. The highest BCUT2D eigenvalue weighted by Gasteiger charge is 2.19. The van der Waals surface area contributed by atoms with Gasteiger partial charge in [0.05, 0.1) is 5.56 Å². The van der Waals surface area contributed by atoms with Crippen LogP contribution in [0.1, 0.15) is 68.3 Å². The number of hydrogen-bond acceptors (Lipinski definition) is 1. The van der Waals surface area contributed by atoms with Gasteiger partial charge < -0.3 is 0 Å². The van der Waals surface area contributed by atoms with E-state index in [9.17, 15) is 13.6 Å². The number of rotatable bonds is 10. The maximum atomic E-state index is 14.7. The van der Waals surface area contributed by atoms with E-state index in [0.717, 1.165) is 24.0 Å². The molecule has 0 aliphatic heterocycles. The zero-order valence-electron chi connectivity index (χ0n) is 18.4. The van der Waals surface area contributed by atoms with Crippen molar-refractivity contribution < 1.29 is 13.6 Å². The topological polar surface area (TPSA) is 17.1 Å². The van der Waals surface area contributed by atoms with Crippen molar-refractivity contribution in [3.05, 3.63) is 83.4 Å². The molecular formula is C28H30F2O. The van der Waals surface area contributed by atoms with Gasteiger partial charge in [-0.1, -0.05) is 87.7 Å². The fourth-order valence-corrected chi connectivity index (χ4v) is 3.74. The summed E-state index contributed by atoms with van der Waals surface area (Å²) in [6.45, 7) is 4.16. The van der Waals surface area contributed by atoms with Crippen LogP contribution in [0.2, 0.25) is 0 Å². The van der Waals surface area contributed by atoms with Crippen molar-refractivity contribution in [3.8, 4) is 22.3 Å². The summed E-state index contributed by atoms with van der Waals surface area (Å²) < 4.78 is 29.2. The van der Waals surface area contributed by atoms with Gasteiger partial charge in [-0.2, -0.15) is 0 Å². The van der Waals surface area contributed by atoms with Gasteiger partial charge in [0.1, 0.15) is 0 Å². The summed E-state index contributed by atoms with van der Waals surface area (Å²) in [6, 6.07) is 18.8. The molecule has 0 aliphatic carbocycles. The van der Waals surface area contributed by atoms with E-state index < -0.39 is 11.6 Å². The van der Waals surface area contributed by atoms with Crippen LogP contribution in [0.15, 0.2) is 60.7 Å².